The minimum atomic E-state index is -0.381. The second-order valence-electron chi connectivity index (χ2n) is 8.94. The molecule has 1 aliphatic rings. The summed E-state index contributed by atoms with van der Waals surface area (Å²) in [5.41, 5.74) is 4.58. The Bertz CT molecular complexity index is 1350. The molecule has 1 saturated heterocycles. The van der Waals surface area contributed by atoms with Crippen LogP contribution >= 0.6 is 0 Å². The van der Waals surface area contributed by atoms with Gasteiger partial charge in [0.1, 0.15) is 17.4 Å². The molecule has 0 saturated carbocycles. The van der Waals surface area contributed by atoms with E-state index in [0.717, 1.165) is 41.1 Å². The molecule has 1 unspecified atom stereocenters. The molecule has 1 amide bonds. The van der Waals surface area contributed by atoms with Crippen LogP contribution in [0, 0.1) is 19.7 Å². The number of ether oxygens (including phenoxy) is 1. The molecule has 0 spiro atoms. The molecule has 0 N–H and O–H groups in total. The standard InChI is InChI=1S/C28H28FN3O2/c1-19-12-13-20(2)26(16-19)34-15-7-14-31-25-11-6-4-9-23(25)30-28(31)21-17-27(33)32(18-21)24-10-5-3-8-22(24)29/h3-6,8-13,16,21H,7,14-15,17-18H2,1-2H3. The summed E-state index contributed by atoms with van der Waals surface area (Å²) >= 11 is 0. The number of hydrogen-bond donors (Lipinski definition) is 0. The van der Waals surface area contributed by atoms with E-state index in [0.29, 0.717) is 25.3 Å². The highest BCUT2D eigenvalue weighted by Gasteiger charge is 2.35. The van der Waals surface area contributed by atoms with Crippen molar-refractivity contribution in [1.82, 2.24) is 9.55 Å². The molecule has 0 bridgehead atoms. The first-order valence-electron chi connectivity index (χ1n) is 11.7. The zero-order chi connectivity index (χ0) is 23.7. The van der Waals surface area contributed by atoms with E-state index in [4.69, 9.17) is 9.72 Å². The number of carbonyl (C=O) groups is 1. The van der Waals surface area contributed by atoms with Crippen molar-refractivity contribution in [3.05, 3.63) is 89.5 Å². The minimum Gasteiger partial charge on any atom is -0.493 e. The summed E-state index contributed by atoms with van der Waals surface area (Å²) in [6.45, 7) is 5.84. The molecule has 1 aliphatic heterocycles. The minimum absolute atomic E-state index is 0.0769. The number of amides is 1. The van der Waals surface area contributed by atoms with Crippen LogP contribution in [0.1, 0.15) is 35.7 Å². The number of para-hydroxylation sites is 3. The molecular weight excluding hydrogens is 429 g/mol. The van der Waals surface area contributed by atoms with Gasteiger partial charge in [-0.25, -0.2) is 9.37 Å². The monoisotopic (exact) mass is 457 g/mol. The van der Waals surface area contributed by atoms with Gasteiger partial charge in [0.2, 0.25) is 5.91 Å². The van der Waals surface area contributed by atoms with Gasteiger partial charge in [0.05, 0.1) is 23.3 Å². The van der Waals surface area contributed by atoms with Gasteiger partial charge in [0.25, 0.3) is 0 Å². The van der Waals surface area contributed by atoms with Crippen molar-refractivity contribution in [3.8, 4) is 5.75 Å². The van der Waals surface area contributed by atoms with E-state index in [1.54, 1.807) is 23.1 Å². The molecule has 5 rings (SSSR count). The number of aryl methyl sites for hydroxylation is 3. The largest absolute Gasteiger partial charge is 0.493 e. The maximum absolute atomic E-state index is 14.4. The molecule has 3 aromatic carbocycles. The lowest BCUT2D eigenvalue weighted by Gasteiger charge is -2.18. The average Bonchev–Trinajstić information content (AvgIpc) is 3.39. The Hall–Kier alpha value is -3.67. The van der Waals surface area contributed by atoms with E-state index in [1.807, 2.05) is 18.2 Å². The molecule has 0 aliphatic carbocycles. The number of fused-ring (bicyclic) bond motifs is 1. The van der Waals surface area contributed by atoms with Crippen LogP contribution in [0.15, 0.2) is 66.7 Å². The average molecular weight is 458 g/mol. The smallest absolute Gasteiger partial charge is 0.227 e. The third kappa shape index (κ3) is 4.28. The lowest BCUT2D eigenvalue weighted by Crippen LogP contribution is -2.25. The SMILES string of the molecule is Cc1ccc(C)c(OCCCn2c(C3CC(=O)N(c4ccccc4F)C3)nc3ccccc32)c1. The van der Waals surface area contributed by atoms with Gasteiger partial charge in [-0.1, -0.05) is 36.4 Å². The number of aromatic nitrogens is 2. The van der Waals surface area contributed by atoms with Crippen LogP contribution < -0.4 is 9.64 Å². The van der Waals surface area contributed by atoms with Crippen LogP contribution in [0.5, 0.6) is 5.75 Å². The Morgan fingerprint density at radius 2 is 1.85 bits per heavy atom. The van der Waals surface area contributed by atoms with Crippen LogP contribution in [0.3, 0.4) is 0 Å². The number of imidazole rings is 1. The summed E-state index contributed by atoms with van der Waals surface area (Å²) in [4.78, 5) is 19.3. The summed E-state index contributed by atoms with van der Waals surface area (Å²) < 4.78 is 22.6. The molecule has 1 atom stereocenters. The summed E-state index contributed by atoms with van der Waals surface area (Å²) in [6, 6.07) is 20.7. The van der Waals surface area contributed by atoms with Crippen molar-refractivity contribution >= 4 is 22.6 Å². The quantitative estimate of drug-likeness (QED) is 0.331. The number of carbonyl (C=O) groups excluding carboxylic acids is 1. The Kier molecular flexibility index (Phi) is 6.05. The van der Waals surface area contributed by atoms with E-state index < -0.39 is 0 Å². The molecule has 34 heavy (non-hydrogen) atoms. The summed E-state index contributed by atoms with van der Waals surface area (Å²) in [7, 11) is 0. The van der Waals surface area contributed by atoms with Crippen molar-refractivity contribution in [3.63, 3.8) is 0 Å². The predicted octanol–water partition coefficient (Wildman–Crippen LogP) is 5.78. The highest BCUT2D eigenvalue weighted by molar-refractivity contribution is 5.96. The first-order valence-corrected chi connectivity index (χ1v) is 11.7. The molecule has 2 heterocycles. The predicted molar refractivity (Wildman–Crippen MR) is 132 cm³/mol. The first-order chi connectivity index (χ1) is 16.5. The third-order valence-corrected chi connectivity index (χ3v) is 6.44. The Balaban J connectivity index is 1.36. The Labute approximate surface area is 198 Å². The highest BCUT2D eigenvalue weighted by Crippen LogP contribution is 2.34. The summed E-state index contributed by atoms with van der Waals surface area (Å²) in [5.74, 6) is 1.23. The number of rotatable bonds is 7. The molecule has 1 fully saturated rings. The van der Waals surface area contributed by atoms with Crippen molar-refractivity contribution < 1.29 is 13.9 Å². The molecule has 6 heteroatoms. The normalized spacial score (nSPS) is 15.9. The van der Waals surface area contributed by atoms with Gasteiger partial charge in [-0.15, -0.1) is 0 Å². The lowest BCUT2D eigenvalue weighted by atomic mass is 10.1. The number of hydrogen-bond acceptors (Lipinski definition) is 3. The second-order valence-corrected chi connectivity index (χ2v) is 8.94. The van der Waals surface area contributed by atoms with Crippen molar-refractivity contribution in [2.24, 2.45) is 0 Å². The first kappa shape index (κ1) is 22.1. The second kappa shape index (κ2) is 9.29. The number of halogens is 1. The topological polar surface area (TPSA) is 47.4 Å². The molecule has 0 radical (unpaired) electrons. The number of nitrogens with zero attached hydrogens (tertiary/aromatic N) is 3. The molecule has 5 nitrogen and oxygen atoms in total. The van der Waals surface area contributed by atoms with Crippen LogP contribution in [-0.4, -0.2) is 28.6 Å². The maximum atomic E-state index is 14.4. The fraction of sp³-hybridized carbons (Fsp3) is 0.286. The van der Waals surface area contributed by atoms with E-state index in [-0.39, 0.29) is 17.6 Å². The molecular formula is C28H28FN3O2. The van der Waals surface area contributed by atoms with Gasteiger partial charge in [-0.3, -0.25) is 4.79 Å². The van der Waals surface area contributed by atoms with E-state index in [1.165, 1.54) is 11.6 Å². The van der Waals surface area contributed by atoms with Crippen molar-refractivity contribution in [1.29, 1.82) is 0 Å². The van der Waals surface area contributed by atoms with Crippen LogP contribution in [-0.2, 0) is 11.3 Å². The number of anilines is 1. The summed E-state index contributed by atoms with van der Waals surface area (Å²) in [6.07, 6.45) is 1.12. The number of benzene rings is 3. The fourth-order valence-electron chi connectivity index (χ4n) is 4.69. The van der Waals surface area contributed by atoms with E-state index in [2.05, 4.69) is 42.7 Å². The highest BCUT2D eigenvalue weighted by atomic mass is 19.1. The Morgan fingerprint density at radius 3 is 2.71 bits per heavy atom. The van der Waals surface area contributed by atoms with Crippen molar-refractivity contribution in [2.75, 3.05) is 18.1 Å². The fourth-order valence-corrected chi connectivity index (χ4v) is 4.69. The van der Waals surface area contributed by atoms with Gasteiger partial charge < -0.3 is 14.2 Å². The lowest BCUT2D eigenvalue weighted by molar-refractivity contribution is -0.117. The van der Waals surface area contributed by atoms with Gasteiger partial charge in [-0.2, -0.15) is 0 Å². The van der Waals surface area contributed by atoms with Gasteiger partial charge in [0.15, 0.2) is 0 Å². The third-order valence-electron chi connectivity index (χ3n) is 6.44. The van der Waals surface area contributed by atoms with Crippen LogP contribution in [0.4, 0.5) is 10.1 Å². The van der Waals surface area contributed by atoms with E-state index in [9.17, 15) is 9.18 Å². The summed E-state index contributed by atoms with van der Waals surface area (Å²) in [5, 5.41) is 0. The zero-order valence-corrected chi connectivity index (χ0v) is 19.5. The molecule has 4 aromatic rings. The van der Waals surface area contributed by atoms with Crippen LogP contribution in [0.25, 0.3) is 11.0 Å². The Morgan fingerprint density at radius 1 is 1.06 bits per heavy atom. The maximum Gasteiger partial charge on any atom is 0.227 e. The van der Waals surface area contributed by atoms with Crippen LogP contribution in [0.2, 0.25) is 0 Å². The van der Waals surface area contributed by atoms with Gasteiger partial charge >= 0.3 is 0 Å². The van der Waals surface area contributed by atoms with Gasteiger partial charge in [0, 0.05) is 25.4 Å². The van der Waals surface area contributed by atoms with E-state index >= 15 is 0 Å². The van der Waals surface area contributed by atoms with Crippen molar-refractivity contribution in [2.45, 2.75) is 39.2 Å². The zero-order valence-electron chi connectivity index (χ0n) is 19.5. The molecule has 1 aromatic heterocycles. The molecule has 174 valence electrons. The van der Waals surface area contributed by atoms with Gasteiger partial charge in [-0.05, 0) is 61.7 Å².